The van der Waals surface area contributed by atoms with Crippen molar-refractivity contribution < 1.29 is 33.3 Å². The van der Waals surface area contributed by atoms with E-state index >= 15 is 0 Å². The molecule has 0 aliphatic heterocycles. The Bertz CT molecular complexity index is 1070. The van der Waals surface area contributed by atoms with Gasteiger partial charge in [0.15, 0.2) is 19.4 Å². The molecule has 2 aromatic rings. The first-order chi connectivity index (χ1) is 16.8. The van der Waals surface area contributed by atoms with E-state index in [4.69, 9.17) is 23.7 Å². The van der Waals surface area contributed by atoms with Crippen molar-refractivity contribution in [3.63, 3.8) is 0 Å². The Hall–Kier alpha value is -3.62. The minimum absolute atomic E-state index is 0.0242. The molecule has 8 nitrogen and oxygen atoms in total. The molecule has 35 heavy (non-hydrogen) atoms. The largest absolute Gasteiger partial charge is 0.496 e. The van der Waals surface area contributed by atoms with E-state index in [0.29, 0.717) is 34.9 Å². The third-order valence-corrected chi connectivity index (χ3v) is 4.80. The fourth-order valence-electron chi connectivity index (χ4n) is 3.21. The van der Waals surface area contributed by atoms with E-state index in [0.717, 1.165) is 11.1 Å². The van der Waals surface area contributed by atoms with Crippen LogP contribution in [0, 0.1) is 0 Å². The van der Waals surface area contributed by atoms with E-state index in [1.165, 1.54) is 34.3 Å². The number of ether oxygens (including phenoxy) is 5. The molecule has 8 heteroatoms. The monoisotopic (exact) mass is 483 g/mol. The number of hydrogen-bond acceptors (Lipinski definition) is 7. The van der Waals surface area contributed by atoms with Crippen LogP contribution in [0.15, 0.2) is 48.1 Å². The molecule has 1 N–H and O–H groups in total. The molecular formula is C27H33NO7. The molecule has 0 aliphatic carbocycles. The normalized spacial score (nSPS) is 10.7. The Morgan fingerprint density at radius 3 is 2.14 bits per heavy atom. The average Bonchev–Trinajstić information content (AvgIpc) is 2.83. The molecule has 0 spiro atoms. The highest BCUT2D eigenvalue weighted by molar-refractivity contribution is 6.11. The molecule has 1 amide bonds. The van der Waals surface area contributed by atoms with E-state index in [-0.39, 0.29) is 30.8 Å². The topological polar surface area (TPSA) is 92.3 Å². The quantitative estimate of drug-likeness (QED) is 0.185. The zero-order valence-electron chi connectivity index (χ0n) is 21.1. The lowest BCUT2D eigenvalue weighted by Gasteiger charge is -2.20. The second-order valence-corrected chi connectivity index (χ2v) is 7.85. The number of nitrogens with one attached hydrogen (secondary N) is 1. The minimum Gasteiger partial charge on any atom is -0.496 e. The van der Waals surface area contributed by atoms with Crippen molar-refractivity contribution in [1.29, 1.82) is 0 Å². The van der Waals surface area contributed by atoms with Crippen LogP contribution in [0.5, 0.6) is 17.2 Å². The number of hydrogen-bond donors (Lipinski definition) is 1. The molecule has 0 bridgehead atoms. The van der Waals surface area contributed by atoms with Gasteiger partial charge in [-0.15, -0.1) is 0 Å². The van der Waals surface area contributed by atoms with Crippen LogP contribution >= 0.6 is 0 Å². The van der Waals surface area contributed by atoms with Crippen molar-refractivity contribution in [2.75, 3.05) is 40.2 Å². The van der Waals surface area contributed by atoms with E-state index in [9.17, 15) is 9.59 Å². The van der Waals surface area contributed by atoms with Gasteiger partial charge in [-0.3, -0.25) is 9.59 Å². The van der Waals surface area contributed by atoms with Crippen LogP contribution in [-0.2, 0) is 20.7 Å². The van der Waals surface area contributed by atoms with Crippen LogP contribution in [0.1, 0.15) is 42.3 Å². The molecule has 0 radical (unpaired) electrons. The zero-order chi connectivity index (χ0) is 25.8. The van der Waals surface area contributed by atoms with Gasteiger partial charge in [0.05, 0.1) is 7.11 Å². The summed E-state index contributed by atoms with van der Waals surface area (Å²) in [6.07, 6.45) is 5.62. The lowest BCUT2D eigenvalue weighted by molar-refractivity contribution is -0.114. The molecule has 0 fully saturated rings. The van der Waals surface area contributed by atoms with Crippen molar-refractivity contribution in [2.24, 2.45) is 0 Å². The maximum absolute atomic E-state index is 13.4. The summed E-state index contributed by atoms with van der Waals surface area (Å²) in [4.78, 5) is 24.6. The fourth-order valence-corrected chi connectivity index (χ4v) is 3.21. The van der Waals surface area contributed by atoms with Crippen molar-refractivity contribution in [2.45, 2.75) is 27.2 Å². The zero-order valence-corrected chi connectivity index (χ0v) is 21.1. The van der Waals surface area contributed by atoms with Gasteiger partial charge in [0.2, 0.25) is 5.91 Å². The van der Waals surface area contributed by atoms with Crippen LogP contribution in [0.25, 0.3) is 6.08 Å². The number of rotatable bonds is 13. The first kappa shape index (κ1) is 27.6. The van der Waals surface area contributed by atoms with Crippen LogP contribution in [0.3, 0.4) is 0 Å². The standard InChI is InChI=1S/C27H33NO7/c1-18(2)7-13-22-24(34-16-31-4)15-25(33-6)26(27(22)35-17-32-5)23(30)14-10-20-8-11-21(12-9-20)28-19(3)29/h7-12,14-15H,13,16-17H2,1-6H3,(H,28,29)/b14-10+. The second-order valence-electron chi connectivity index (χ2n) is 7.85. The first-order valence-electron chi connectivity index (χ1n) is 11.0. The maximum atomic E-state index is 13.4. The number of ketones is 1. The second kappa shape index (κ2) is 13.9. The Labute approximate surface area is 206 Å². The van der Waals surface area contributed by atoms with Gasteiger partial charge < -0.3 is 29.0 Å². The van der Waals surface area contributed by atoms with E-state index < -0.39 is 0 Å². The van der Waals surface area contributed by atoms with Crippen LogP contribution in [0.2, 0.25) is 0 Å². The summed E-state index contributed by atoms with van der Waals surface area (Å²) in [5.41, 5.74) is 3.51. The number of amides is 1. The average molecular weight is 484 g/mol. The number of benzene rings is 2. The molecular weight excluding hydrogens is 450 g/mol. The van der Waals surface area contributed by atoms with Crippen LogP contribution < -0.4 is 19.5 Å². The summed E-state index contributed by atoms with van der Waals surface area (Å²) in [5.74, 6) is 0.655. The maximum Gasteiger partial charge on any atom is 0.221 e. The molecule has 2 aromatic carbocycles. The van der Waals surface area contributed by atoms with Gasteiger partial charge >= 0.3 is 0 Å². The summed E-state index contributed by atoms with van der Waals surface area (Å²) in [5, 5.41) is 2.71. The van der Waals surface area contributed by atoms with Crippen LogP contribution in [0.4, 0.5) is 5.69 Å². The van der Waals surface area contributed by atoms with Gasteiger partial charge in [-0.25, -0.2) is 0 Å². The Morgan fingerprint density at radius 1 is 0.914 bits per heavy atom. The Morgan fingerprint density at radius 2 is 1.57 bits per heavy atom. The predicted molar refractivity (Wildman–Crippen MR) is 135 cm³/mol. The van der Waals surface area contributed by atoms with Crippen molar-refractivity contribution in [3.8, 4) is 17.2 Å². The number of carbonyl (C=O) groups is 2. The summed E-state index contributed by atoms with van der Waals surface area (Å²) in [6, 6.07) is 8.79. The SMILES string of the molecule is COCOc1cc(OC)c(C(=O)/C=C/c2ccc(NC(C)=O)cc2)c(OCOC)c1CC=C(C)C. The molecule has 0 saturated carbocycles. The fraction of sp³-hybridized carbons (Fsp3) is 0.333. The molecule has 0 heterocycles. The molecule has 0 aliphatic rings. The highest BCUT2D eigenvalue weighted by atomic mass is 16.7. The van der Waals surface area contributed by atoms with Crippen molar-refractivity contribution in [1.82, 2.24) is 0 Å². The van der Waals surface area contributed by atoms with Gasteiger partial charge in [-0.1, -0.05) is 29.9 Å². The third-order valence-electron chi connectivity index (χ3n) is 4.80. The summed E-state index contributed by atoms with van der Waals surface area (Å²) in [6.45, 7) is 5.38. The molecule has 0 atom stereocenters. The summed E-state index contributed by atoms with van der Waals surface area (Å²) < 4.78 is 27.4. The van der Waals surface area contributed by atoms with Crippen molar-refractivity contribution >= 4 is 23.5 Å². The van der Waals surface area contributed by atoms with E-state index in [2.05, 4.69) is 5.32 Å². The molecule has 188 valence electrons. The van der Waals surface area contributed by atoms with Gasteiger partial charge in [0.25, 0.3) is 0 Å². The van der Waals surface area contributed by atoms with Crippen molar-refractivity contribution in [3.05, 3.63) is 64.7 Å². The van der Waals surface area contributed by atoms with Gasteiger partial charge in [0.1, 0.15) is 22.8 Å². The molecule has 0 unspecified atom stereocenters. The minimum atomic E-state index is -0.310. The van der Waals surface area contributed by atoms with E-state index in [1.807, 2.05) is 19.9 Å². The van der Waals surface area contributed by atoms with E-state index in [1.54, 1.807) is 36.4 Å². The Balaban J connectivity index is 2.53. The Kier molecular flexibility index (Phi) is 11.0. The molecule has 2 rings (SSSR count). The highest BCUT2D eigenvalue weighted by Crippen LogP contribution is 2.41. The van der Waals surface area contributed by atoms with Gasteiger partial charge in [0, 0.05) is 38.5 Å². The smallest absolute Gasteiger partial charge is 0.221 e. The number of allylic oxidation sites excluding steroid dienone is 3. The molecule has 0 aromatic heterocycles. The summed E-state index contributed by atoms with van der Waals surface area (Å²) >= 11 is 0. The number of methoxy groups -OCH3 is 3. The summed E-state index contributed by atoms with van der Waals surface area (Å²) in [7, 11) is 4.51. The number of carbonyl (C=O) groups excluding carboxylic acids is 2. The third kappa shape index (κ3) is 8.27. The van der Waals surface area contributed by atoms with Gasteiger partial charge in [-0.05, 0) is 44.0 Å². The molecule has 0 saturated heterocycles. The predicted octanol–water partition coefficient (Wildman–Crippen LogP) is 5.02. The number of anilines is 1. The van der Waals surface area contributed by atoms with Crippen LogP contribution in [-0.4, -0.2) is 46.6 Å². The highest BCUT2D eigenvalue weighted by Gasteiger charge is 2.25. The lowest BCUT2D eigenvalue weighted by atomic mass is 9.99. The van der Waals surface area contributed by atoms with Gasteiger partial charge in [-0.2, -0.15) is 0 Å². The first-order valence-corrected chi connectivity index (χ1v) is 11.0. The lowest BCUT2D eigenvalue weighted by Crippen LogP contribution is -2.12.